The molecule has 0 aliphatic carbocycles. The maximum atomic E-state index is 5.84. The Hall–Kier alpha value is -1.88. The fourth-order valence-corrected chi connectivity index (χ4v) is 2.43. The number of aromatic nitrogens is 3. The Bertz CT molecular complexity index is 564. The van der Waals surface area contributed by atoms with Crippen LogP contribution in [-0.2, 0) is 26.1 Å². The van der Waals surface area contributed by atoms with Crippen molar-refractivity contribution >= 4 is 0 Å². The molecule has 0 spiro atoms. The van der Waals surface area contributed by atoms with E-state index in [2.05, 4.69) is 14.8 Å². The SMILES string of the molecule is NCc1ccccc1OCc1nnc2n1CCCC2. The van der Waals surface area contributed by atoms with Gasteiger partial charge in [0.15, 0.2) is 5.82 Å². The molecule has 1 aliphatic rings. The molecule has 19 heavy (non-hydrogen) atoms. The topological polar surface area (TPSA) is 66.0 Å². The van der Waals surface area contributed by atoms with Crippen LogP contribution in [0.3, 0.4) is 0 Å². The lowest BCUT2D eigenvalue weighted by Crippen LogP contribution is -2.14. The smallest absolute Gasteiger partial charge is 0.171 e. The van der Waals surface area contributed by atoms with Crippen LogP contribution in [-0.4, -0.2) is 14.8 Å². The summed E-state index contributed by atoms with van der Waals surface area (Å²) in [5.74, 6) is 2.82. The van der Waals surface area contributed by atoms with Crippen molar-refractivity contribution < 1.29 is 4.74 Å². The number of benzene rings is 1. The van der Waals surface area contributed by atoms with Crippen molar-refractivity contribution in [1.82, 2.24) is 14.8 Å². The van der Waals surface area contributed by atoms with E-state index in [4.69, 9.17) is 10.5 Å². The molecule has 0 radical (unpaired) electrons. The number of hydrogen-bond donors (Lipinski definition) is 1. The summed E-state index contributed by atoms with van der Waals surface area (Å²) in [7, 11) is 0. The highest BCUT2D eigenvalue weighted by Crippen LogP contribution is 2.20. The van der Waals surface area contributed by atoms with Gasteiger partial charge in [-0.25, -0.2) is 0 Å². The highest BCUT2D eigenvalue weighted by atomic mass is 16.5. The van der Waals surface area contributed by atoms with Gasteiger partial charge in [-0.2, -0.15) is 0 Å². The molecule has 5 nitrogen and oxygen atoms in total. The van der Waals surface area contributed by atoms with Crippen molar-refractivity contribution in [2.24, 2.45) is 5.73 Å². The van der Waals surface area contributed by atoms with Crippen molar-refractivity contribution in [3.05, 3.63) is 41.5 Å². The molecule has 0 fully saturated rings. The van der Waals surface area contributed by atoms with Crippen LogP contribution < -0.4 is 10.5 Å². The molecular formula is C14H18N4O. The van der Waals surface area contributed by atoms with Crippen LogP contribution in [0.5, 0.6) is 5.75 Å². The summed E-state index contributed by atoms with van der Waals surface area (Å²) < 4.78 is 8.01. The normalized spacial score (nSPS) is 14.2. The Kier molecular flexibility index (Phi) is 3.46. The number of nitrogens with zero attached hydrogens (tertiary/aromatic N) is 3. The lowest BCUT2D eigenvalue weighted by atomic mass is 10.2. The van der Waals surface area contributed by atoms with Gasteiger partial charge in [0.25, 0.3) is 0 Å². The predicted molar refractivity (Wildman–Crippen MR) is 71.6 cm³/mol. The molecule has 1 aromatic heterocycles. The molecule has 0 bridgehead atoms. The number of ether oxygens (including phenoxy) is 1. The van der Waals surface area contributed by atoms with E-state index in [9.17, 15) is 0 Å². The lowest BCUT2D eigenvalue weighted by Gasteiger charge is -2.15. The standard InChI is InChI=1S/C14H18N4O/c15-9-11-5-1-2-6-12(11)19-10-14-17-16-13-7-3-4-8-18(13)14/h1-2,5-6H,3-4,7-10,15H2. The molecule has 0 unspecified atom stereocenters. The zero-order valence-electron chi connectivity index (χ0n) is 10.9. The zero-order valence-corrected chi connectivity index (χ0v) is 10.9. The second-order valence-corrected chi connectivity index (χ2v) is 4.74. The number of hydrogen-bond acceptors (Lipinski definition) is 4. The van der Waals surface area contributed by atoms with E-state index in [1.165, 1.54) is 12.8 Å². The summed E-state index contributed by atoms with van der Waals surface area (Å²) in [6.07, 6.45) is 3.42. The van der Waals surface area contributed by atoms with Crippen LogP contribution in [0.15, 0.2) is 24.3 Å². The van der Waals surface area contributed by atoms with Gasteiger partial charge < -0.3 is 15.0 Å². The second-order valence-electron chi connectivity index (χ2n) is 4.74. The van der Waals surface area contributed by atoms with Crippen molar-refractivity contribution in [2.45, 2.75) is 39.0 Å². The van der Waals surface area contributed by atoms with E-state index < -0.39 is 0 Å². The number of rotatable bonds is 4. The molecule has 0 saturated carbocycles. The first kappa shape index (κ1) is 12.2. The third kappa shape index (κ3) is 2.46. The van der Waals surface area contributed by atoms with Crippen LogP contribution in [0, 0.1) is 0 Å². The lowest BCUT2D eigenvalue weighted by molar-refractivity contribution is 0.283. The molecule has 2 N–H and O–H groups in total. The summed E-state index contributed by atoms with van der Waals surface area (Å²) in [5, 5.41) is 8.44. The minimum absolute atomic E-state index is 0.448. The maximum Gasteiger partial charge on any atom is 0.171 e. The molecule has 5 heteroatoms. The minimum Gasteiger partial charge on any atom is -0.485 e. The average molecular weight is 258 g/mol. The Morgan fingerprint density at radius 1 is 1.21 bits per heavy atom. The van der Waals surface area contributed by atoms with Gasteiger partial charge in [-0.1, -0.05) is 18.2 Å². The molecule has 0 amide bonds. The Morgan fingerprint density at radius 3 is 3.00 bits per heavy atom. The molecule has 0 saturated heterocycles. The molecule has 1 aromatic carbocycles. The Balaban J connectivity index is 1.74. The van der Waals surface area contributed by atoms with Crippen molar-refractivity contribution in [1.29, 1.82) is 0 Å². The van der Waals surface area contributed by atoms with E-state index in [1.807, 2.05) is 24.3 Å². The van der Waals surface area contributed by atoms with Crippen molar-refractivity contribution in [3.63, 3.8) is 0 Å². The summed E-state index contributed by atoms with van der Waals surface area (Å²) in [6.45, 7) is 1.93. The van der Waals surface area contributed by atoms with Crippen molar-refractivity contribution in [2.75, 3.05) is 0 Å². The van der Waals surface area contributed by atoms with Crippen LogP contribution in [0.25, 0.3) is 0 Å². The summed E-state index contributed by atoms with van der Waals surface area (Å²) in [4.78, 5) is 0. The minimum atomic E-state index is 0.448. The fraction of sp³-hybridized carbons (Fsp3) is 0.429. The zero-order chi connectivity index (χ0) is 13.1. The summed E-state index contributed by atoms with van der Waals surface area (Å²) in [6, 6.07) is 7.84. The van der Waals surface area contributed by atoms with Gasteiger partial charge in [0.05, 0.1) is 0 Å². The van der Waals surface area contributed by atoms with E-state index in [1.54, 1.807) is 0 Å². The second kappa shape index (κ2) is 5.40. The van der Waals surface area contributed by atoms with Crippen LogP contribution in [0.2, 0.25) is 0 Å². The third-order valence-corrected chi connectivity index (χ3v) is 3.49. The largest absolute Gasteiger partial charge is 0.485 e. The average Bonchev–Trinajstić information content (AvgIpc) is 2.89. The molecular weight excluding hydrogens is 240 g/mol. The van der Waals surface area contributed by atoms with E-state index in [-0.39, 0.29) is 0 Å². The van der Waals surface area contributed by atoms with E-state index in [0.29, 0.717) is 13.2 Å². The quantitative estimate of drug-likeness (QED) is 0.905. The number of para-hydroxylation sites is 1. The molecule has 0 atom stereocenters. The molecule has 2 heterocycles. The van der Waals surface area contributed by atoms with Gasteiger partial charge in [0.2, 0.25) is 0 Å². The predicted octanol–water partition coefficient (Wildman–Crippen LogP) is 1.65. The molecule has 2 aromatic rings. The Morgan fingerprint density at radius 2 is 2.11 bits per heavy atom. The van der Waals surface area contributed by atoms with Crippen LogP contribution in [0.1, 0.15) is 30.1 Å². The van der Waals surface area contributed by atoms with Crippen LogP contribution in [0.4, 0.5) is 0 Å². The van der Waals surface area contributed by atoms with Gasteiger partial charge in [0, 0.05) is 25.1 Å². The number of nitrogens with two attached hydrogens (primary N) is 1. The van der Waals surface area contributed by atoms with E-state index in [0.717, 1.165) is 35.9 Å². The fourth-order valence-electron chi connectivity index (χ4n) is 2.43. The van der Waals surface area contributed by atoms with Gasteiger partial charge in [-0.15, -0.1) is 10.2 Å². The van der Waals surface area contributed by atoms with Gasteiger partial charge in [0.1, 0.15) is 18.2 Å². The van der Waals surface area contributed by atoms with E-state index >= 15 is 0 Å². The maximum absolute atomic E-state index is 5.84. The molecule has 1 aliphatic heterocycles. The summed E-state index contributed by atoms with van der Waals surface area (Å²) in [5.41, 5.74) is 6.71. The summed E-state index contributed by atoms with van der Waals surface area (Å²) >= 11 is 0. The number of fused-ring (bicyclic) bond motifs is 1. The first-order valence-corrected chi connectivity index (χ1v) is 6.70. The Labute approximate surface area is 112 Å². The van der Waals surface area contributed by atoms with Crippen molar-refractivity contribution in [3.8, 4) is 5.75 Å². The number of aryl methyl sites for hydroxylation is 1. The van der Waals surface area contributed by atoms with Gasteiger partial charge >= 0.3 is 0 Å². The van der Waals surface area contributed by atoms with Gasteiger partial charge in [-0.3, -0.25) is 0 Å². The molecule has 3 rings (SSSR count). The van der Waals surface area contributed by atoms with Crippen LogP contribution >= 0.6 is 0 Å². The first-order chi connectivity index (χ1) is 9.38. The third-order valence-electron chi connectivity index (χ3n) is 3.49. The highest BCUT2D eigenvalue weighted by Gasteiger charge is 2.16. The molecule has 100 valence electrons. The monoisotopic (exact) mass is 258 g/mol. The highest BCUT2D eigenvalue weighted by molar-refractivity contribution is 5.33. The first-order valence-electron chi connectivity index (χ1n) is 6.70. The van der Waals surface area contributed by atoms with Gasteiger partial charge in [-0.05, 0) is 18.9 Å².